The van der Waals surface area contributed by atoms with Gasteiger partial charge in [-0.1, -0.05) is 6.42 Å². The molecule has 0 saturated carbocycles. The van der Waals surface area contributed by atoms with E-state index in [2.05, 4.69) is 16.0 Å². The zero-order chi connectivity index (χ0) is 14.4. The normalized spacial score (nSPS) is 27.5. The van der Waals surface area contributed by atoms with E-state index in [-0.39, 0.29) is 29.5 Å². The number of carbonyl (C=O) groups excluding carboxylic acids is 1. The summed E-state index contributed by atoms with van der Waals surface area (Å²) in [5.74, 6) is 0.803. The Morgan fingerprint density at radius 1 is 1.15 bits per heavy atom. The molecule has 2 amide bonds. The van der Waals surface area contributed by atoms with Gasteiger partial charge in [0.1, 0.15) is 9.84 Å². The maximum Gasteiger partial charge on any atom is 0.315 e. The molecular weight excluding hydrogens is 278 g/mol. The monoisotopic (exact) mass is 303 g/mol. The molecule has 0 radical (unpaired) electrons. The van der Waals surface area contributed by atoms with Crippen LogP contribution in [0.15, 0.2) is 0 Å². The highest BCUT2D eigenvalue weighted by Gasteiger charge is 2.24. The van der Waals surface area contributed by atoms with Crippen LogP contribution in [0.5, 0.6) is 0 Å². The van der Waals surface area contributed by atoms with Gasteiger partial charge in [0.2, 0.25) is 0 Å². The minimum Gasteiger partial charge on any atom is -0.338 e. The van der Waals surface area contributed by atoms with Crippen LogP contribution in [0.4, 0.5) is 4.79 Å². The summed E-state index contributed by atoms with van der Waals surface area (Å²) >= 11 is 0. The minimum absolute atomic E-state index is 0.132. The Kier molecular flexibility index (Phi) is 5.65. The fourth-order valence-electron chi connectivity index (χ4n) is 2.76. The van der Waals surface area contributed by atoms with Gasteiger partial charge in [-0.3, -0.25) is 0 Å². The third-order valence-electron chi connectivity index (χ3n) is 4.11. The predicted molar refractivity (Wildman–Crippen MR) is 78.4 cm³/mol. The summed E-state index contributed by atoms with van der Waals surface area (Å²) in [6, 6.07) is 0.0661. The van der Waals surface area contributed by atoms with Crippen molar-refractivity contribution in [3.63, 3.8) is 0 Å². The standard InChI is InChI=1S/C13H25N3O3S/c17-13(16-12-3-1-2-6-14-10-12)15-9-11-4-7-20(18,19)8-5-11/h11-12,14H,1-10H2,(H2,15,16,17). The van der Waals surface area contributed by atoms with E-state index < -0.39 is 9.84 Å². The van der Waals surface area contributed by atoms with Crippen molar-refractivity contribution in [1.82, 2.24) is 16.0 Å². The van der Waals surface area contributed by atoms with E-state index in [1.165, 1.54) is 0 Å². The van der Waals surface area contributed by atoms with Crippen LogP contribution in [0.1, 0.15) is 32.1 Å². The molecule has 0 aliphatic carbocycles. The second kappa shape index (κ2) is 7.26. The Morgan fingerprint density at radius 3 is 2.65 bits per heavy atom. The number of hydrogen-bond donors (Lipinski definition) is 3. The number of amides is 2. The van der Waals surface area contributed by atoms with Crippen molar-refractivity contribution in [2.45, 2.75) is 38.1 Å². The van der Waals surface area contributed by atoms with Crippen molar-refractivity contribution in [2.75, 3.05) is 31.1 Å². The molecule has 0 aromatic heterocycles. The molecule has 0 aromatic carbocycles. The van der Waals surface area contributed by atoms with Gasteiger partial charge >= 0.3 is 6.03 Å². The Labute approximate surface area is 121 Å². The summed E-state index contributed by atoms with van der Waals surface area (Å²) < 4.78 is 22.6. The Hall–Kier alpha value is -0.820. The Morgan fingerprint density at radius 2 is 1.90 bits per heavy atom. The summed E-state index contributed by atoms with van der Waals surface area (Å²) in [4.78, 5) is 11.8. The highest BCUT2D eigenvalue weighted by atomic mass is 32.2. The van der Waals surface area contributed by atoms with Crippen LogP contribution in [0.3, 0.4) is 0 Å². The SMILES string of the molecule is O=C(NCC1CCS(=O)(=O)CC1)NC1CCCCNC1. The first-order valence-corrected chi connectivity index (χ1v) is 9.33. The molecule has 116 valence electrons. The molecule has 2 heterocycles. The van der Waals surface area contributed by atoms with Crippen LogP contribution < -0.4 is 16.0 Å². The molecule has 0 aromatic rings. The van der Waals surface area contributed by atoms with Crippen molar-refractivity contribution in [1.29, 1.82) is 0 Å². The Bertz CT molecular complexity index is 403. The fourth-order valence-corrected chi connectivity index (χ4v) is 4.35. The molecule has 2 fully saturated rings. The molecule has 0 bridgehead atoms. The number of sulfone groups is 1. The van der Waals surface area contributed by atoms with Gasteiger partial charge in [0.25, 0.3) is 0 Å². The zero-order valence-corrected chi connectivity index (χ0v) is 12.7. The molecule has 2 aliphatic heterocycles. The van der Waals surface area contributed by atoms with Crippen molar-refractivity contribution in [3.8, 4) is 0 Å². The second-order valence-corrected chi connectivity index (χ2v) is 8.15. The van der Waals surface area contributed by atoms with Gasteiger partial charge in [-0.05, 0) is 38.1 Å². The fraction of sp³-hybridized carbons (Fsp3) is 0.923. The van der Waals surface area contributed by atoms with E-state index in [4.69, 9.17) is 0 Å². The van der Waals surface area contributed by atoms with E-state index in [9.17, 15) is 13.2 Å². The summed E-state index contributed by atoms with van der Waals surface area (Å²) in [6.07, 6.45) is 4.64. The summed E-state index contributed by atoms with van der Waals surface area (Å²) in [5.41, 5.74) is 0. The molecule has 2 saturated heterocycles. The second-order valence-electron chi connectivity index (χ2n) is 5.85. The molecule has 6 nitrogen and oxygen atoms in total. The number of carbonyl (C=O) groups is 1. The van der Waals surface area contributed by atoms with Gasteiger partial charge in [0, 0.05) is 19.1 Å². The topological polar surface area (TPSA) is 87.3 Å². The minimum atomic E-state index is -2.82. The van der Waals surface area contributed by atoms with Crippen LogP contribution in [-0.4, -0.2) is 51.6 Å². The summed E-state index contributed by atoms with van der Waals surface area (Å²) in [7, 11) is -2.82. The molecule has 0 spiro atoms. The average molecular weight is 303 g/mol. The average Bonchev–Trinajstić information content (AvgIpc) is 2.66. The van der Waals surface area contributed by atoms with E-state index in [1.54, 1.807) is 0 Å². The van der Waals surface area contributed by atoms with E-state index in [1.807, 2.05) is 0 Å². The lowest BCUT2D eigenvalue weighted by Crippen LogP contribution is -2.47. The maximum atomic E-state index is 11.8. The molecule has 1 unspecified atom stereocenters. The van der Waals surface area contributed by atoms with Gasteiger partial charge < -0.3 is 16.0 Å². The van der Waals surface area contributed by atoms with Crippen molar-refractivity contribution >= 4 is 15.9 Å². The van der Waals surface area contributed by atoms with Gasteiger partial charge in [-0.15, -0.1) is 0 Å². The first kappa shape index (κ1) is 15.6. The van der Waals surface area contributed by atoms with Crippen LogP contribution in [0.25, 0.3) is 0 Å². The molecule has 1 atom stereocenters. The summed E-state index contributed by atoms with van der Waals surface area (Å²) in [6.45, 7) is 2.42. The van der Waals surface area contributed by atoms with Crippen molar-refractivity contribution in [2.24, 2.45) is 5.92 Å². The zero-order valence-electron chi connectivity index (χ0n) is 11.9. The van der Waals surface area contributed by atoms with Gasteiger partial charge in [-0.2, -0.15) is 0 Å². The predicted octanol–water partition coefficient (Wildman–Crippen LogP) is 0.253. The number of urea groups is 1. The summed E-state index contributed by atoms with van der Waals surface area (Å²) in [5, 5.41) is 9.17. The first-order valence-electron chi connectivity index (χ1n) is 7.51. The molecule has 3 N–H and O–H groups in total. The maximum absolute atomic E-state index is 11.8. The van der Waals surface area contributed by atoms with Crippen molar-refractivity contribution < 1.29 is 13.2 Å². The van der Waals surface area contributed by atoms with Crippen molar-refractivity contribution in [3.05, 3.63) is 0 Å². The van der Waals surface area contributed by atoms with Crippen LogP contribution >= 0.6 is 0 Å². The molecular formula is C13H25N3O3S. The third-order valence-corrected chi connectivity index (χ3v) is 5.82. The van der Waals surface area contributed by atoms with Crippen LogP contribution in [-0.2, 0) is 9.84 Å². The highest BCUT2D eigenvalue weighted by molar-refractivity contribution is 7.91. The number of rotatable bonds is 3. The molecule has 2 aliphatic rings. The molecule has 7 heteroatoms. The van der Waals surface area contributed by atoms with Crippen LogP contribution in [0, 0.1) is 5.92 Å². The molecule has 2 rings (SSSR count). The lowest BCUT2D eigenvalue weighted by Gasteiger charge is -2.23. The third kappa shape index (κ3) is 5.28. The Balaban J connectivity index is 1.65. The van der Waals surface area contributed by atoms with E-state index in [0.29, 0.717) is 19.4 Å². The van der Waals surface area contributed by atoms with E-state index in [0.717, 1.165) is 32.4 Å². The number of nitrogens with one attached hydrogen (secondary N) is 3. The van der Waals surface area contributed by atoms with E-state index >= 15 is 0 Å². The van der Waals surface area contributed by atoms with Gasteiger partial charge in [-0.25, -0.2) is 13.2 Å². The lowest BCUT2D eigenvalue weighted by atomic mass is 10.0. The molecule has 20 heavy (non-hydrogen) atoms. The van der Waals surface area contributed by atoms with Crippen LogP contribution in [0.2, 0.25) is 0 Å². The smallest absolute Gasteiger partial charge is 0.315 e. The largest absolute Gasteiger partial charge is 0.338 e. The quantitative estimate of drug-likeness (QED) is 0.697. The first-order chi connectivity index (χ1) is 9.55. The lowest BCUT2D eigenvalue weighted by molar-refractivity contribution is 0.233. The van der Waals surface area contributed by atoms with Gasteiger partial charge in [0.05, 0.1) is 11.5 Å². The number of hydrogen-bond acceptors (Lipinski definition) is 4. The van der Waals surface area contributed by atoms with Gasteiger partial charge in [0.15, 0.2) is 0 Å². The highest BCUT2D eigenvalue weighted by Crippen LogP contribution is 2.17.